The Hall–Kier alpha value is -1.89. The maximum Gasteiger partial charge on any atom is 0.241 e. The fourth-order valence-electron chi connectivity index (χ4n) is 2.07. The summed E-state index contributed by atoms with van der Waals surface area (Å²) in [7, 11) is -1.98. The summed E-state index contributed by atoms with van der Waals surface area (Å²) in [5.41, 5.74) is 0.913. The highest BCUT2D eigenvalue weighted by Crippen LogP contribution is 2.19. The van der Waals surface area contributed by atoms with Crippen molar-refractivity contribution >= 4 is 10.0 Å². The summed E-state index contributed by atoms with van der Waals surface area (Å²) < 4.78 is 37.8. The van der Waals surface area contributed by atoms with E-state index < -0.39 is 10.0 Å². The maximum absolute atomic E-state index is 12.4. The van der Waals surface area contributed by atoms with Crippen LogP contribution in [-0.2, 0) is 14.8 Å². The summed E-state index contributed by atoms with van der Waals surface area (Å²) in [5.74, 6) is 0.608. The first-order valence-electron chi connectivity index (χ1n) is 7.32. The third-order valence-electron chi connectivity index (χ3n) is 3.32. The van der Waals surface area contributed by atoms with Crippen LogP contribution in [0.1, 0.15) is 18.5 Å². The maximum atomic E-state index is 12.4. The first-order chi connectivity index (χ1) is 11.0. The van der Waals surface area contributed by atoms with Crippen LogP contribution < -0.4 is 9.46 Å². The molecule has 0 spiro atoms. The second-order valence-electron chi connectivity index (χ2n) is 5.07. The molecular formula is C17H21NO4S. The highest BCUT2D eigenvalue weighted by molar-refractivity contribution is 7.89. The fourth-order valence-corrected chi connectivity index (χ4v) is 3.30. The lowest BCUT2D eigenvalue weighted by molar-refractivity contribution is 0.146. The van der Waals surface area contributed by atoms with Gasteiger partial charge in [-0.25, -0.2) is 13.1 Å². The Labute approximate surface area is 137 Å². The van der Waals surface area contributed by atoms with Gasteiger partial charge in [0.1, 0.15) is 12.4 Å². The Morgan fingerprint density at radius 3 is 2.26 bits per heavy atom. The Morgan fingerprint density at radius 2 is 1.65 bits per heavy atom. The Bertz CT molecular complexity index is 699. The van der Waals surface area contributed by atoms with E-state index in [2.05, 4.69) is 4.72 Å². The largest absolute Gasteiger partial charge is 0.491 e. The molecule has 5 nitrogen and oxygen atoms in total. The monoisotopic (exact) mass is 335 g/mol. The van der Waals surface area contributed by atoms with Gasteiger partial charge in [0, 0.05) is 13.2 Å². The molecule has 2 rings (SSSR count). The molecule has 0 bridgehead atoms. The van der Waals surface area contributed by atoms with E-state index >= 15 is 0 Å². The zero-order valence-corrected chi connectivity index (χ0v) is 14.0. The van der Waals surface area contributed by atoms with E-state index in [1.165, 1.54) is 12.1 Å². The number of methoxy groups -OCH3 is 1. The van der Waals surface area contributed by atoms with Crippen LogP contribution in [0.5, 0.6) is 5.75 Å². The molecule has 6 heteroatoms. The van der Waals surface area contributed by atoms with Gasteiger partial charge >= 0.3 is 0 Å². The molecule has 0 aliphatic rings. The summed E-state index contributed by atoms with van der Waals surface area (Å²) in [6.07, 6.45) is 0. The lowest BCUT2D eigenvalue weighted by Crippen LogP contribution is -2.26. The molecule has 0 radical (unpaired) electrons. The Balaban J connectivity index is 2.04. The molecule has 0 saturated carbocycles. The number of benzene rings is 2. The minimum atomic E-state index is -3.58. The fraction of sp³-hybridized carbons (Fsp3) is 0.294. The van der Waals surface area contributed by atoms with Gasteiger partial charge in [0.25, 0.3) is 0 Å². The number of rotatable bonds is 8. The predicted molar refractivity (Wildman–Crippen MR) is 89.0 cm³/mol. The van der Waals surface area contributed by atoms with Crippen LogP contribution in [-0.4, -0.2) is 28.7 Å². The first kappa shape index (κ1) is 17.5. The summed E-state index contributed by atoms with van der Waals surface area (Å²) in [5, 5.41) is 0. The van der Waals surface area contributed by atoms with Gasteiger partial charge in [-0.15, -0.1) is 0 Å². The van der Waals surface area contributed by atoms with Crippen LogP contribution in [0.2, 0.25) is 0 Å². The van der Waals surface area contributed by atoms with Gasteiger partial charge in [-0.2, -0.15) is 0 Å². The number of nitrogens with one attached hydrogen (secondary N) is 1. The average Bonchev–Trinajstić information content (AvgIpc) is 2.56. The van der Waals surface area contributed by atoms with Crippen molar-refractivity contribution < 1.29 is 17.9 Å². The normalized spacial score (nSPS) is 12.8. The van der Waals surface area contributed by atoms with Gasteiger partial charge in [-0.05, 0) is 36.8 Å². The lowest BCUT2D eigenvalue weighted by atomic mass is 10.1. The van der Waals surface area contributed by atoms with E-state index in [1.54, 1.807) is 19.2 Å². The van der Waals surface area contributed by atoms with E-state index in [-0.39, 0.29) is 10.9 Å². The zero-order chi connectivity index (χ0) is 16.7. The molecule has 0 aromatic heterocycles. The second kappa shape index (κ2) is 8.10. The molecule has 0 fully saturated rings. The third-order valence-corrected chi connectivity index (χ3v) is 4.88. The van der Waals surface area contributed by atoms with Crippen LogP contribution in [0.25, 0.3) is 0 Å². The van der Waals surface area contributed by atoms with Crippen molar-refractivity contribution in [2.24, 2.45) is 0 Å². The molecule has 1 unspecified atom stereocenters. The summed E-state index contributed by atoms with van der Waals surface area (Å²) >= 11 is 0. The van der Waals surface area contributed by atoms with Crippen LogP contribution in [0.4, 0.5) is 0 Å². The molecule has 1 N–H and O–H groups in total. The van der Waals surface area contributed by atoms with E-state index in [0.717, 1.165) is 5.56 Å². The minimum absolute atomic E-state index is 0.208. The van der Waals surface area contributed by atoms with Crippen molar-refractivity contribution in [2.75, 3.05) is 20.3 Å². The van der Waals surface area contributed by atoms with Gasteiger partial charge in [0.2, 0.25) is 10.0 Å². The van der Waals surface area contributed by atoms with E-state index in [1.807, 2.05) is 37.3 Å². The van der Waals surface area contributed by atoms with Crippen molar-refractivity contribution in [3.63, 3.8) is 0 Å². The van der Waals surface area contributed by atoms with Crippen molar-refractivity contribution in [2.45, 2.75) is 17.9 Å². The molecule has 0 aliphatic heterocycles. The van der Waals surface area contributed by atoms with Crippen LogP contribution >= 0.6 is 0 Å². The highest BCUT2D eigenvalue weighted by atomic mass is 32.2. The Kier molecular flexibility index (Phi) is 6.15. The van der Waals surface area contributed by atoms with Gasteiger partial charge in [0.15, 0.2) is 0 Å². The van der Waals surface area contributed by atoms with Crippen LogP contribution in [0, 0.1) is 0 Å². The van der Waals surface area contributed by atoms with Crippen molar-refractivity contribution in [1.82, 2.24) is 4.72 Å². The molecule has 2 aromatic rings. The topological polar surface area (TPSA) is 64.6 Å². The molecule has 0 saturated heterocycles. The Morgan fingerprint density at radius 1 is 1.00 bits per heavy atom. The summed E-state index contributed by atoms with van der Waals surface area (Å²) in [6.45, 7) is 2.72. The van der Waals surface area contributed by atoms with E-state index in [4.69, 9.17) is 9.47 Å². The average molecular weight is 335 g/mol. The smallest absolute Gasteiger partial charge is 0.241 e. The minimum Gasteiger partial charge on any atom is -0.491 e. The van der Waals surface area contributed by atoms with Crippen molar-refractivity contribution in [3.8, 4) is 5.75 Å². The van der Waals surface area contributed by atoms with Crippen LogP contribution in [0.15, 0.2) is 59.5 Å². The van der Waals surface area contributed by atoms with Gasteiger partial charge in [-0.3, -0.25) is 0 Å². The quantitative estimate of drug-likeness (QED) is 0.754. The number of hydrogen-bond donors (Lipinski definition) is 1. The highest BCUT2D eigenvalue weighted by Gasteiger charge is 2.18. The summed E-state index contributed by atoms with van der Waals surface area (Å²) in [4.78, 5) is 0.208. The lowest BCUT2D eigenvalue weighted by Gasteiger charge is -2.15. The third kappa shape index (κ3) is 5.06. The van der Waals surface area contributed by atoms with Gasteiger partial charge in [-0.1, -0.05) is 30.3 Å². The standard InChI is InChI=1S/C17H21NO4S/c1-14(15-6-4-3-5-7-15)18-23(19,20)17-10-8-16(9-11-17)22-13-12-21-2/h3-11,14,18H,12-13H2,1-2H3. The molecule has 124 valence electrons. The molecule has 0 amide bonds. The second-order valence-corrected chi connectivity index (χ2v) is 6.78. The number of hydrogen-bond acceptors (Lipinski definition) is 4. The van der Waals surface area contributed by atoms with Gasteiger partial charge in [0.05, 0.1) is 11.5 Å². The zero-order valence-electron chi connectivity index (χ0n) is 13.2. The molecule has 0 heterocycles. The number of ether oxygens (including phenoxy) is 2. The molecular weight excluding hydrogens is 314 g/mol. The van der Waals surface area contributed by atoms with Crippen molar-refractivity contribution in [1.29, 1.82) is 0 Å². The first-order valence-corrected chi connectivity index (χ1v) is 8.80. The molecule has 1 atom stereocenters. The van der Waals surface area contributed by atoms with E-state index in [9.17, 15) is 8.42 Å². The molecule has 2 aromatic carbocycles. The molecule has 23 heavy (non-hydrogen) atoms. The molecule has 0 aliphatic carbocycles. The summed E-state index contributed by atoms with van der Waals surface area (Å²) in [6, 6.07) is 15.5. The predicted octanol–water partition coefficient (Wildman–Crippen LogP) is 2.75. The van der Waals surface area contributed by atoms with Gasteiger partial charge < -0.3 is 9.47 Å². The van der Waals surface area contributed by atoms with Crippen LogP contribution in [0.3, 0.4) is 0 Å². The number of sulfonamides is 1. The van der Waals surface area contributed by atoms with E-state index in [0.29, 0.717) is 19.0 Å². The SMILES string of the molecule is COCCOc1ccc(S(=O)(=O)NC(C)c2ccccc2)cc1. The van der Waals surface area contributed by atoms with Crippen molar-refractivity contribution in [3.05, 3.63) is 60.2 Å².